The smallest absolute Gasteiger partial charge is 0.211 e. The summed E-state index contributed by atoms with van der Waals surface area (Å²) >= 11 is 1.43. The lowest BCUT2D eigenvalue weighted by molar-refractivity contribution is 0.655. The number of hydrogen-bond donors (Lipinski definition) is 2. The zero-order valence-electron chi connectivity index (χ0n) is 24.2. The van der Waals surface area contributed by atoms with Crippen molar-refractivity contribution in [3.63, 3.8) is 0 Å². The molecule has 0 saturated heterocycles. The summed E-state index contributed by atoms with van der Waals surface area (Å²) in [6, 6.07) is 24.3. The van der Waals surface area contributed by atoms with Gasteiger partial charge in [0.1, 0.15) is 17.3 Å². The third-order valence-corrected chi connectivity index (χ3v) is 7.95. The molecule has 1 aromatic heterocycles. The van der Waals surface area contributed by atoms with Crippen LogP contribution in [-0.2, 0) is 0 Å². The minimum atomic E-state index is -0.0592. The Balaban J connectivity index is 1.13. The van der Waals surface area contributed by atoms with Crippen LogP contribution in [0.15, 0.2) is 133 Å². The number of aromatic nitrogens is 1. The van der Waals surface area contributed by atoms with Crippen molar-refractivity contribution in [3.05, 3.63) is 136 Å². The fourth-order valence-corrected chi connectivity index (χ4v) is 5.47. The van der Waals surface area contributed by atoms with E-state index in [1.807, 2.05) is 110 Å². The van der Waals surface area contributed by atoms with Gasteiger partial charge in [-0.25, -0.2) is 15.0 Å². The number of fused-ring (bicyclic) bond motifs is 12. The molecule has 12 bridgehead atoms. The van der Waals surface area contributed by atoms with Crippen molar-refractivity contribution in [2.45, 2.75) is 25.2 Å². The van der Waals surface area contributed by atoms with Crippen LogP contribution in [-0.4, -0.2) is 54.6 Å². The van der Waals surface area contributed by atoms with Gasteiger partial charge in [-0.3, -0.25) is 20.0 Å². The van der Waals surface area contributed by atoms with Crippen LogP contribution in [0.2, 0.25) is 0 Å². The molecule has 220 valence electrons. The fraction of sp³-hybridized carbons (Fsp3) is 0.114. The molecule has 2 atom stereocenters. The summed E-state index contributed by atoms with van der Waals surface area (Å²) in [5, 5.41) is 8.05. The van der Waals surface area contributed by atoms with Crippen LogP contribution >= 0.6 is 11.3 Å². The van der Waals surface area contributed by atoms with E-state index in [0.717, 1.165) is 49.8 Å². The van der Waals surface area contributed by atoms with Crippen LogP contribution in [0.3, 0.4) is 0 Å². The first kappa shape index (κ1) is 28.2. The number of hydrogen-bond acceptors (Lipinski definition) is 10. The molecule has 0 saturated carbocycles. The van der Waals surface area contributed by atoms with E-state index in [-0.39, 0.29) is 12.3 Å². The molecule has 3 aliphatic rings. The van der Waals surface area contributed by atoms with Crippen molar-refractivity contribution in [1.29, 1.82) is 0 Å². The lowest BCUT2D eigenvalue weighted by atomic mass is 10.1. The minimum absolute atomic E-state index is 0.0582. The van der Waals surface area contributed by atoms with E-state index in [0.29, 0.717) is 18.0 Å². The average molecular weight is 608 g/mol. The molecule has 2 N–H and O–H groups in total. The summed E-state index contributed by atoms with van der Waals surface area (Å²) in [5.41, 5.74) is 7.84. The molecule has 2 unspecified atom stereocenters. The lowest BCUT2D eigenvalue weighted by Gasteiger charge is -2.05. The van der Waals surface area contributed by atoms with Crippen molar-refractivity contribution in [3.8, 4) is 0 Å². The molecular weight excluding hydrogens is 579 g/mol. The predicted octanol–water partition coefficient (Wildman–Crippen LogP) is 6.36. The summed E-state index contributed by atoms with van der Waals surface area (Å²) in [5.74, 6) is 0. The highest BCUT2D eigenvalue weighted by molar-refractivity contribution is 7.19. The number of nitrogens with one attached hydrogen (secondary N) is 2. The van der Waals surface area contributed by atoms with Crippen LogP contribution in [0.5, 0.6) is 0 Å². The van der Waals surface area contributed by atoms with Gasteiger partial charge >= 0.3 is 0 Å². The van der Waals surface area contributed by atoms with E-state index in [9.17, 15) is 0 Å². The first-order valence-corrected chi connectivity index (χ1v) is 15.4. The molecule has 0 aliphatic carbocycles. The Labute approximate surface area is 265 Å². The third kappa shape index (κ3) is 7.67. The van der Waals surface area contributed by atoms with E-state index >= 15 is 0 Å². The normalized spacial score (nSPS) is 21.9. The number of rotatable bonds is 0. The quantitative estimate of drug-likeness (QED) is 0.243. The summed E-state index contributed by atoms with van der Waals surface area (Å²) < 4.78 is 0. The average Bonchev–Trinajstić information content (AvgIpc) is 3.85. The number of benzene rings is 3. The standard InChI is InChI=1S/C35H29N9S/c1-4-24-10-28(8-1)19-42-34-23-44-35(45-34)43-20-29-9-2-5-25(11-29)16-37-31-14-33(41-22-31)39-18-27-7-3-6-26(12-27)17-38-32-13-30(21-40-32)36-15-24/h1-12,15-23,32-33,40-41H,13-14H2/b36-15?,37-16?,38-17+,39-18+,42-19+,43-20+. The second-order valence-corrected chi connectivity index (χ2v) is 11.6. The second-order valence-electron chi connectivity index (χ2n) is 10.6. The van der Waals surface area contributed by atoms with Crippen LogP contribution < -0.4 is 10.6 Å². The van der Waals surface area contributed by atoms with E-state index in [2.05, 4.69) is 37.7 Å². The van der Waals surface area contributed by atoms with Gasteiger partial charge in [0.2, 0.25) is 5.13 Å². The van der Waals surface area contributed by atoms with Gasteiger partial charge in [-0.1, -0.05) is 65.9 Å². The monoisotopic (exact) mass is 607 g/mol. The molecule has 3 aromatic carbocycles. The minimum Gasteiger partial charge on any atom is -0.368 e. The highest BCUT2D eigenvalue weighted by Crippen LogP contribution is 2.28. The fourth-order valence-electron chi connectivity index (χ4n) is 4.86. The molecule has 0 radical (unpaired) electrons. The Morgan fingerprint density at radius 1 is 0.533 bits per heavy atom. The summed E-state index contributed by atoms with van der Waals surface area (Å²) in [4.78, 5) is 32.5. The zero-order chi connectivity index (χ0) is 30.3. The highest BCUT2D eigenvalue weighted by Gasteiger charge is 2.15. The maximum atomic E-state index is 4.74. The van der Waals surface area contributed by atoms with Gasteiger partial charge in [-0.2, -0.15) is 0 Å². The molecule has 45 heavy (non-hydrogen) atoms. The van der Waals surface area contributed by atoms with E-state index < -0.39 is 0 Å². The third-order valence-electron chi connectivity index (χ3n) is 7.13. The number of aliphatic imine (C=N–C) groups is 6. The molecule has 0 fully saturated rings. The number of thiazole rings is 1. The Kier molecular flexibility index (Phi) is 8.36. The second kappa shape index (κ2) is 13.4. The van der Waals surface area contributed by atoms with Crippen LogP contribution in [0.1, 0.15) is 46.2 Å². The van der Waals surface area contributed by atoms with Gasteiger partial charge in [-0.15, -0.1) is 0 Å². The molecule has 10 heteroatoms. The van der Waals surface area contributed by atoms with Gasteiger partial charge in [0, 0.05) is 62.5 Å². The van der Waals surface area contributed by atoms with Crippen molar-refractivity contribution < 1.29 is 0 Å². The summed E-state index contributed by atoms with van der Waals surface area (Å²) in [6.07, 6.45) is 18.1. The summed E-state index contributed by atoms with van der Waals surface area (Å²) in [6.45, 7) is 0. The Hall–Kier alpha value is -5.61. The molecule has 4 heterocycles. The van der Waals surface area contributed by atoms with Gasteiger partial charge in [0.15, 0.2) is 0 Å². The molecule has 9 nitrogen and oxygen atoms in total. The maximum absolute atomic E-state index is 4.74. The summed E-state index contributed by atoms with van der Waals surface area (Å²) in [7, 11) is 0. The predicted molar refractivity (Wildman–Crippen MR) is 186 cm³/mol. The molecule has 0 spiro atoms. The number of nitrogens with zero attached hydrogens (tertiary/aromatic N) is 7. The van der Waals surface area contributed by atoms with Gasteiger partial charge < -0.3 is 10.6 Å². The van der Waals surface area contributed by atoms with Crippen molar-refractivity contribution in [1.82, 2.24) is 15.6 Å². The first-order valence-electron chi connectivity index (χ1n) is 14.6. The molecule has 0 amide bonds. The van der Waals surface area contributed by atoms with Crippen molar-refractivity contribution >= 4 is 58.8 Å². The molecule has 7 rings (SSSR count). The van der Waals surface area contributed by atoms with E-state index in [1.165, 1.54) is 11.3 Å². The van der Waals surface area contributed by atoms with Crippen LogP contribution in [0, 0.1) is 0 Å². The highest BCUT2D eigenvalue weighted by atomic mass is 32.1. The van der Waals surface area contributed by atoms with E-state index in [1.54, 1.807) is 6.20 Å². The van der Waals surface area contributed by atoms with Crippen molar-refractivity contribution in [2.24, 2.45) is 30.0 Å². The first-order chi connectivity index (χ1) is 22.2. The molecule has 3 aliphatic heterocycles. The SMILES string of the molecule is C1=NC2=CNC(C2)/N=C/c2cccc(c2)/C=N/C2CC(=CN2)N=Cc2cccc(c2)/C=N/c2ncc(s2)/N=C/c2cccc1c2. The molecule has 4 aromatic rings. The van der Waals surface area contributed by atoms with Gasteiger partial charge in [0.05, 0.1) is 17.6 Å². The Morgan fingerprint density at radius 3 is 1.49 bits per heavy atom. The van der Waals surface area contributed by atoms with Gasteiger partial charge in [-0.05, 0) is 51.6 Å². The van der Waals surface area contributed by atoms with Crippen LogP contribution in [0.25, 0.3) is 0 Å². The van der Waals surface area contributed by atoms with Gasteiger partial charge in [0.25, 0.3) is 0 Å². The lowest BCUT2D eigenvalue weighted by Crippen LogP contribution is -2.16. The van der Waals surface area contributed by atoms with Crippen molar-refractivity contribution in [2.75, 3.05) is 0 Å². The Morgan fingerprint density at radius 2 is 0.978 bits per heavy atom. The maximum Gasteiger partial charge on any atom is 0.211 e. The topological polar surface area (TPSA) is 111 Å². The zero-order valence-corrected chi connectivity index (χ0v) is 25.0. The van der Waals surface area contributed by atoms with Crippen LogP contribution in [0.4, 0.5) is 10.1 Å². The Bertz CT molecular complexity index is 1810. The largest absolute Gasteiger partial charge is 0.368 e. The molecular formula is C35H29N9S. The van der Waals surface area contributed by atoms with E-state index in [4.69, 9.17) is 20.0 Å².